The highest BCUT2D eigenvalue weighted by atomic mass is 16.3. The first-order valence-corrected chi connectivity index (χ1v) is 9.79. The van der Waals surface area contributed by atoms with Gasteiger partial charge in [0, 0.05) is 37.2 Å². The van der Waals surface area contributed by atoms with Gasteiger partial charge in [0.15, 0.2) is 5.96 Å². The maximum Gasteiger partial charge on any atom is 0.253 e. The second-order valence-corrected chi connectivity index (χ2v) is 7.09. The molecule has 3 rings (SSSR count). The summed E-state index contributed by atoms with van der Waals surface area (Å²) in [5.74, 6) is 1.63. The van der Waals surface area contributed by atoms with E-state index in [1.807, 2.05) is 49.4 Å². The Balaban J connectivity index is 1.66. The van der Waals surface area contributed by atoms with Gasteiger partial charge in [0.25, 0.3) is 5.91 Å². The van der Waals surface area contributed by atoms with Gasteiger partial charge in [-0.2, -0.15) is 0 Å². The quantitative estimate of drug-likeness (QED) is 0.496. The summed E-state index contributed by atoms with van der Waals surface area (Å²) in [7, 11) is 3.50. The fourth-order valence-corrected chi connectivity index (χ4v) is 3.08. The third-order valence-electron chi connectivity index (χ3n) is 4.73. The molecule has 0 atom stereocenters. The highest BCUT2D eigenvalue weighted by molar-refractivity contribution is 5.93. The molecule has 0 saturated heterocycles. The fraction of sp³-hybridized carbons (Fsp3) is 0.304. The van der Waals surface area contributed by atoms with E-state index in [0.717, 1.165) is 40.4 Å². The number of hydrogen-bond donors (Lipinski definition) is 2. The number of guanidine groups is 1. The molecule has 0 bridgehead atoms. The Morgan fingerprint density at radius 1 is 1.07 bits per heavy atom. The number of para-hydroxylation sites is 1. The van der Waals surface area contributed by atoms with Crippen molar-refractivity contribution < 1.29 is 9.21 Å². The molecule has 0 spiro atoms. The first kappa shape index (κ1) is 20.5. The molecule has 1 amide bonds. The lowest BCUT2D eigenvalue weighted by atomic mass is 10.1. The number of nitrogens with one attached hydrogen (secondary N) is 2. The minimum atomic E-state index is -0.00346. The molecule has 152 valence electrons. The fourth-order valence-electron chi connectivity index (χ4n) is 3.08. The Morgan fingerprint density at radius 3 is 2.45 bits per heavy atom. The number of rotatable bonds is 6. The van der Waals surface area contributed by atoms with Gasteiger partial charge in [0.2, 0.25) is 0 Å². The molecule has 0 aliphatic heterocycles. The lowest BCUT2D eigenvalue weighted by molar-refractivity contribution is 0.0827. The normalized spacial score (nSPS) is 11.5. The molecule has 0 saturated carbocycles. The summed E-state index contributed by atoms with van der Waals surface area (Å²) in [5.41, 5.74) is 3.76. The van der Waals surface area contributed by atoms with Crippen LogP contribution in [0.2, 0.25) is 0 Å². The minimum absolute atomic E-state index is 0.00346. The van der Waals surface area contributed by atoms with Gasteiger partial charge in [-0.1, -0.05) is 30.3 Å². The molecule has 0 radical (unpaired) electrons. The second-order valence-electron chi connectivity index (χ2n) is 7.09. The predicted octanol–water partition coefficient (Wildman–Crippen LogP) is 3.70. The molecular formula is C23H28N4O2. The van der Waals surface area contributed by atoms with E-state index in [-0.39, 0.29) is 5.91 Å². The van der Waals surface area contributed by atoms with Crippen molar-refractivity contribution in [3.05, 3.63) is 71.0 Å². The summed E-state index contributed by atoms with van der Waals surface area (Å²) in [6.45, 7) is 5.95. The van der Waals surface area contributed by atoms with E-state index in [4.69, 9.17) is 4.42 Å². The smallest absolute Gasteiger partial charge is 0.253 e. The van der Waals surface area contributed by atoms with Gasteiger partial charge in [-0.25, -0.2) is 4.99 Å². The van der Waals surface area contributed by atoms with Gasteiger partial charge in [-0.05, 0) is 37.6 Å². The highest BCUT2D eigenvalue weighted by Crippen LogP contribution is 2.24. The monoisotopic (exact) mass is 392 g/mol. The van der Waals surface area contributed by atoms with E-state index in [1.165, 1.54) is 0 Å². The lowest BCUT2D eigenvalue weighted by Crippen LogP contribution is -2.36. The molecule has 2 aromatic carbocycles. The number of hydrogen-bond acceptors (Lipinski definition) is 3. The number of fused-ring (bicyclic) bond motifs is 1. The van der Waals surface area contributed by atoms with Crippen LogP contribution in [0.25, 0.3) is 11.0 Å². The van der Waals surface area contributed by atoms with Crippen molar-refractivity contribution in [2.24, 2.45) is 4.99 Å². The SMILES string of the molecule is CCNC(=NCc1ccc(C(=O)N(C)C)cc1)NCc1oc2ccccc2c1C. The van der Waals surface area contributed by atoms with Gasteiger partial charge < -0.3 is 20.0 Å². The van der Waals surface area contributed by atoms with Crippen molar-refractivity contribution in [2.75, 3.05) is 20.6 Å². The van der Waals surface area contributed by atoms with Crippen LogP contribution in [0.15, 0.2) is 57.9 Å². The third kappa shape index (κ3) is 4.96. The lowest BCUT2D eigenvalue weighted by Gasteiger charge is -2.11. The van der Waals surface area contributed by atoms with Crippen LogP contribution in [0.4, 0.5) is 0 Å². The number of aryl methyl sites for hydroxylation is 1. The molecule has 0 aliphatic rings. The minimum Gasteiger partial charge on any atom is -0.459 e. The summed E-state index contributed by atoms with van der Waals surface area (Å²) < 4.78 is 5.96. The maximum absolute atomic E-state index is 12.0. The van der Waals surface area contributed by atoms with Crippen molar-refractivity contribution in [1.82, 2.24) is 15.5 Å². The van der Waals surface area contributed by atoms with Crippen molar-refractivity contribution >= 4 is 22.8 Å². The van der Waals surface area contributed by atoms with Crippen LogP contribution in [0, 0.1) is 6.92 Å². The van der Waals surface area contributed by atoms with Gasteiger partial charge in [0.1, 0.15) is 11.3 Å². The summed E-state index contributed by atoms with van der Waals surface area (Å²) in [5, 5.41) is 7.73. The predicted molar refractivity (Wildman–Crippen MR) is 117 cm³/mol. The van der Waals surface area contributed by atoms with E-state index in [2.05, 4.69) is 28.6 Å². The zero-order chi connectivity index (χ0) is 20.8. The van der Waals surface area contributed by atoms with Gasteiger partial charge in [-0.15, -0.1) is 0 Å². The zero-order valence-electron chi connectivity index (χ0n) is 17.5. The van der Waals surface area contributed by atoms with Crippen LogP contribution in [-0.2, 0) is 13.1 Å². The van der Waals surface area contributed by atoms with E-state index >= 15 is 0 Å². The molecule has 3 aromatic rings. The molecule has 6 nitrogen and oxygen atoms in total. The summed E-state index contributed by atoms with van der Waals surface area (Å²) in [6, 6.07) is 15.6. The average Bonchev–Trinajstić information content (AvgIpc) is 3.05. The maximum atomic E-state index is 12.0. The standard InChI is InChI=1S/C23H28N4O2/c1-5-24-23(25-14-17-10-12-18(13-11-17)22(28)27(3)4)26-15-21-16(2)19-8-6-7-9-20(19)29-21/h6-13H,5,14-15H2,1-4H3,(H2,24,25,26). The van der Waals surface area contributed by atoms with E-state index in [0.29, 0.717) is 18.7 Å². The van der Waals surface area contributed by atoms with Gasteiger partial charge >= 0.3 is 0 Å². The molecule has 1 aromatic heterocycles. The van der Waals surface area contributed by atoms with E-state index in [9.17, 15) is 4.79 Å². The summed E-state index contributed by atoms with van der Waals surface area (Å²) >= 11 is 0. The Morgan fingerprint density at radius 2 is 1.79 bits per heavy atom. The Bertz CT molecular complexity index is 1000. The first-order chi connectivity index (χ1) is 14.0. The molecular weight excluding hydrogens is 364 g/mol. The molecule has 6 heteroatoms. The number of amides is 1. The largest absolute Gasteiger partial charge is 0.459 e. The van der Waals surface area contributed by atoms with Crippen molar-refractivity contribution in [2.45, 2.75) is 26.9 Å². The molecule has 2 N–H and O–H groups in total. The van der Waals surface area contributed by atoms with Gasteiger partial charge in [0.05, 0.1) is 13.1 Å². The van der Waals surface area contributed by atoms with Crippen LogP contribution >= 0.6 is 0 Å². The van der Waals surface area contributed by atoms with Crippen molar-refractivity contribution in [3.8, 4) is 0 Å². The first-order valence-electron chi connectivity index (χ1n) is 9.79. The second kappa shape index (κ2) is 9.28. The number of aliphatic imine (C=N–C) groups is 1. The number of nitrogens with zero attached hydrogens (tertiary/aromatic N) is 2. The van der Waals surface area contributed by atoms with E-state index < -0.39 is 0 Å². The average molecular weight is 393 g/mol. The topological polar surface area (TPSA) is 69.9 Å². The van der Waals surface area contributed by atoms with Crippen molar-refractivity contribution in [1.29, 1.82) is 0 Å². The van der Waals surface area contributed by atoms with Crippen LogP contribution in [0.1, 0.15) is 34.2 Å². The van der Waals surface area contributed by atoms with Gasteiger partial charge in [-0.3, -0.25) is 4.79 Å². The summed E-state index contributed by atoms with van der Waals surface area (Å²) in [6.07, 6.45) is 0. The van der Waals surface area contributed by atoms with Crippen LogP contribution in [-0.4, -0.2) is 37.4 Å². The van der Waals surface area contributed by atoms with E-state index in [1.54, 1.807) is 19.0 Å². The molecule has 0 aliphatic carbocycles. The molecule has 1 heterocycles. The number of carbonyl (C=O) groups is 1. The molecule has 0 unspecified atom stereocenters. The van der Waals surface area contributed by atoms with Crippen LogP contribution in [0.5, 0.6) is 0 Å². The third-order valence-corrected chi connectivity index (χ3v) is 4.73. The van der Waals surface area contributed by atoms with Crippen molar-refractivity contribution in [3.63, 3.8) is 0 Å². The van der Waals surface area contributed by atoms with Crippen LogP contribution in [0.3, 0.4) is 0 Å². The summed E-state index contributed by atoms with van der Waals surface area (Å²) in [4.78, 5) is 18.2. The highest BCUT2D eigenvalue weighted by Gasteiger charge is 2.10. The Hall–Kier alpha value is -3.28. The zero-order valence-corrected chi connectivity index (χ0v) is 17.5. The Kier molecular flexibility index (Phi) is 6.54. The number of carbonyl (C=O) groups excluding carboxylic acids is 1. The molecule has 29 heavy (non-hydrogen) atoms. The molecule has 0 fully saturated rings. The number of benzene rings is 2. The number of furan rings is 1. The Labute approximate surface area is 171 Å². The van der Waals surface area contributed by atoms with Crippen LogP contribution < -0.4 is 10.6 Å².